The summed E-state index contributed by atoms with van der Waals surface area (Å²) in [6, 6.07) is 66.0. The van der Waals surface area contributed by atoms with Gasteiger partial charge in [0.25, 0.3) is 6.71 Å². The average molecular weight is 1140 g/mol. The van der Waals surface area contributed by atoms with E-state index >= 15 is 0 Å². The molecule has 0 spiro atoms. The molecule has 0 saturated carbocycles. The number of hydrogen-bond donors (Lipinski definition) is 0. The Morgan fingerprint density at radius 3 is 1.55 bits per heavy atom. The molecule has 0 bridgehead atoms. The SMILES string of the molecule is [2H]c1c([2H])c([2H])c(-c2ccc3c(c2)N(c2cc(-c4ccccc4)cc4oc5ccccc5c24)c2cc(C(C)(C)C)cc4c2B3c2ccc(-n3c5c([2H])c([2H])c([2H])c([2H])c5c5c([2H])c([2H])c([2H])c([2H])c53)cc2N4c2cc(-c3ccccc3)cc3c2c2ccccc2n3-c2ccccc2)c([2H])c1[2H]. The largest absolute Gasteiger partial charge is 0.456 e. The standard InChI is InChI=1S/C82H57BN4O/c1-82(2,3)58-49-75-81-76(50-58)87(73-46-56(53-26-10-5-11-27-53)45-72-79(73)63-34-18-22-38-69(63)84(72)59-30-14-7-15-31-59)71-51-60(85-67-36-20-16-32-61(67)62-33-17-21-37-68(62)85)41-43-66(71)83(81)65-42-40-55(52-24-8-4-9-25-52)44-70(65)86(75)74-47-57(54-28-12-6-13-29-54)48-78-80(74)64-35-19-23-39-77(64)88-78/h4-51H,1-3H3/i4D,8D,9D,16D,17D,20D,21D,24D,25D,32D,33D,36D,37D. The summed E-state index contributed by atoms with van der Waals surface area (Å²) >= 11 is 0. The molecular weight excluding hydrogens is 1070 g/mol. The zero-order valence-corrected chi connectivity index (χ0v) is 48.0. The summed E-state index contributed by atoms with van der Waals surface area (Å²) in [5, 5.41) is 3.45. The van der Waals surface area contributed by atoms with Crippen molar-refractivity contribution < 1.29 is 22.2 Å². The molecule has 0 radical (unpaired) electrons. The van der Waals surface area contributed by atoms with Gasteiger partial charge in [0.15, 0.2) is 0 Å². The third-order valence-corrected chi connectivity index (χ3v) is 17.9. The van der Waals surface area contributed by atoms with Crippen LogP contribution < -0.4 is 26.2 Å². The predicted molar refractivity (Wildman–Crippen MR) is 371 cm³/mol. The third-order valence-electron chi connectivity index (χ3n) is 17.9. The van der Waals surface area contributed by atoms with Crippen molar-refractivity contribution >= 4 is 123 Å². The second kappa shape index (κ2) is 19.2. The molecule has 0 N–H and O–H groups in total. The molecule has 0 unspecified atom stereocenters. The number of para-hydroxylation sites is 5. The van der Waals surface area contributed by atoms with Crippen LogP contribution >= 0.6 is 0 Å². The molecule has 3 aromatic heterocycles. The fourth-order valence-corrected chi connectivity index (χ4v) is 14.0. The van der Waals surface area contributed by atoms with Crippen LogP contribution in [0.1, 0.15) is 44.2 Å². The van der Waals surface area contributed by atoms with Crippen LogP contribution in [0.4, 0.5) is 34.1 Å². The minimum absolute atomic E-state index is 0.0212. The van der Waals surface area contributed by atoms with Crippen LogP contribution in [0.3, 0.4) is 0 Å². The van der Waals surface area contributed by atoms with Crippen LogP contribution in [0.2, 0.25) is 0 Å². The summed E-state index contributed by atoms with van der Waals surface area (Å²) in [6.07, 6.45) is 0. The first kappa shape index (κ1) is 38.8. The van der Waals surface area contributed by atoms with Crippen LogP contribution in [0.15, 0.2) is 295 Å². The van der Waals surface area contributed by atoms with E-state index in [2.05, 4.69) is 132 Å². The quantitative estimate of drug-likeness (QED) is 0.149. The number of furan rings is 1. The lowest BCUT2D eigenvalue weighted by Crippen LogP contribution is -2.61. The topological polar surface area (TPSA) is 29.5 Å². The van der Waals surface area contributed by atoms with Crippen LogP contribution in [-0.2, 0) is 5.41 Å². The summed E-state index contributed by atoms with van der Waals surface area (Å²) in [6.45, 7) is 5.89. The smallest absolute Gasteiger partial charge is 0.252 e. The van der Waals surface area contributed by atoms with E-state index in [1.165, 1.54) is 0 Å². The first-order chi connectivity index (χ1) is 48.7. The van der Waals surface area contributed by atoms with Crippen LogP contribution in [0.25, 0.3) is 110 Å². The molecule has 13 aromatic carbocycles. The van der Waals surface area contributed by atoms with E-state index in [4.69, 9.17) is 11.3 Å². The fraction of sp³-hybridized carbons (Fsp3) is 0.0488. The lowest BCUT2D eigenvalue weighted by molar-refractivity contribution is 0.590. The van der Waals surface area contributed by atoms with Crippen molar-refractivity contribution in [3.05, 3.63) is 296 Å². The molecule has 0 atom stereocenters. The number of anilines is 6. The van der Waals surface area contributed by atoms with Gasteiger partial charge in [0.2, 0.25) is 0 Å². The molecule has 0 fully saturated rings. The summed E-state index contributed by atoms with van der Waals surface area (Å²) in [5.41, 5.74) is 15.7. The van der Waals surface area contributed by atoms with Gasteiger partial charge in [0.1, 0.15) is 11.2 Å². The van der Waals surface area contributed by atoms with Gasteiger partial charge in [0, 0.05) is 61.1 Å². The number of rotatable bonds is 7. The van der Waals surface area contributed by atoms with E-state index in [0.717, 1.165) is 105 Å². The maximum atomic E-state index is 9.73. The van der Waals surface area contributed by atoms with Crippen molar-refractivity contribution in [1.29, 1.82) is 0 Å². The number of benzene rings is 13. The second-order valence-corrected chi connectivity index (χ2v) is 23.9. The van der Waals surface area contributed by atoms with E-state index in [1.54, 1.807) is 4.57 Å². The molecule has 6 heteroatoms. The monoisotopic (exact) mass is 1140 g/mol. The zero-order valence-electron chi connectivity index (χ0n) is 61.0. The Labute approximate surface area is 529 Å². The molecule has 18 rings (SSSR count). The predicted octanol–water partition coefficient (Wildman–Crippen LogP) is 20.2. The Bertz CT molecular complexity index is 6220. The first-order valence-corrected chi connectivity index (χ1v) is 29.5. The molecule has 0 aliphatic carbocycles. The molecule has 2 aliphatic heterocycles. The van der Waals surface area contributed by atoms with E-state index < -0.39 is 78.6 Å². The van der Waals surface area contributed by atoms with Crippen molar-refractivity contribution in [2.45, 2.75) is 26.2 Å². The zero-order chi connectivity index (χ0) is 69.7. The summed E-state index contributed by atoms with van der Waals surface area (Å²) in [7, 11) is 0. The van der Waals surface area contributed by atoms with Crippen molar-refractivity contribution in [2.75, 3.05) is 9.80 Å². The van der Waals surface area contributed by atoms with Crippen molar-refractivity contribution in [2.24, 2.45) is 0 Å². The van der Waals surface area contributed by atoms with Gasteiger partial charge >= 0.3 is 0 Å². The van der Waals surface area contributed by atoms with Crippen molar-refractivity contribution in [1.82, 2.24) is 9.13 Å². The average Bonchev–Trinajstić information content (AvgIpc) is 1.52. The van der Waals surface area contributed by atoms with Gasteiger partial charge in [-0.15, -0.1) is 0 Å². The normalized spacial score (nSPS) is 14.9. The third kappa shape index (κ3) is 7.55. The van der Waals surface area contributed by atoms with Crippen LogP contribution in [0.5, 0.6) is 0 Å². The van der Waals surface area contributed by atoms with E-state index in [9.17, 15) is 11.0 Å². The van der Waals surface area contributed by atoms with Gasteiger partial charge in [-0.05, 0) is 152 Å². The molecule has 5 nitrogen and oxygen atoms in total. The highest BCUT2D eigenvalue weighted by Gasteiger charge is 2.45. The number of nitrogens with zero attached hydrogens (tertiary/aromatic N) is 4. The number of fused-ring (bicyclic) bond motifs is 13. The van der Waals surface area contributed by atoms with Gasteiger partial charge in [-0.3, -0.25) is 0 Å². The maximum Gasteiger partial charge on any atom is 0.252 e. The van der Waals surface area contributed by atoms with Gasteiger partial charge < -0.3 is 23.4 Å². The summed E-state index contributed by atoms with van der Waals surface area (Å²) in [5.74, 6) is 0. The van der Waals surface area contributed by atoms with Gasteiger partial charge in [-0.1, -0.05) is 221 Å². The van der Waals surface area contributed by atoms with Crippen LogP contribution in [0, 0.1) is 0 Å². The highest BCUT2D eigenvalue weighted by molar-refractivity contribution is 7.00. The molecule has 88 heavy (non-hydrogen) atoms. The second-order valence-electron chi connectivity index (χ2n) is 23.9. The number of hydrogen-bond acceptors (Lipinski definition) is 3. The van der Waals surface area contributed by atoms with Gasteiger partial charge in [-0.2, -0.15) is 0 Å². The highest BCUT2D eigenvalue weighted by Crippen LogP contribution is 2.53. The summed E-state index contributed by atoms with van der Waals surface area (Å²) in [4.78, 5) is 4.61. The molecule has 16 aromatic rings. The Kier molecular flexibility index (Phi) is 8.47. The molecule has 2 aliphatic rings. The highest BCUT2D eigenvalue weighted by atomic mass is 16.3. The number of aromatic nitrogens is 2. The Morgan fingerprint density at radius 2 is 0.875 bits per heavy atom. The lowest BCUT2D eigenvalue weighted by Gasteiger charge is -2.45. The molecule has 0 amide bonds. The van der Waals surface area contributed by atoms with Crippen molar-refractivity contribution in [3.63, 3.8) is 0 Å². The molecular formula is C82H57BN4O. The van der Waals surface area contributed by atoms with Crippen molar-refractivity contribution in [3.8, 4) is 44.8 Å². The Hall–Kier alpha value is -11.1. The molecule has 5 heterocycles. The Balaban J connectivity index is 1.05. The fourth-order valence-electron chi connectivity index (χ4n) is 14.0. The van der Waals surface area contributed by atoms with Crippen LogP contribution in [-0.4, -0.2) is 15.8 Å². The molecule has 0 saturated heterocycles. The van der Waals surface area contributed by atoms with Gasteiger partial charge in [0.05, 0.1) is 56.6 Å². The van der Waals surface area contributed by atoms with E-state index in [0.29, 0.717) is 33.8 Å². The molecule has 414 valence electrons. The maximum absolute atomic E-state index is 9.73. The van der Waals surface area contributed by atoms with E-state index in [1.807, 2.05) is 115 Å². The van der Waals surface area contributed by atoms with E-state index in [-0.39, 0.29) is 39.5 Å². The minimum Gasteiger partial charge on any atom is -0.456 e. The first-order valence-electron chi connectivity index (χ1n) is 36.0. The van der Waals surface area contributed by atoms with Gasteiger partial charge in [-0.25, -0.2) is 0 Å². The summed E-state index contributed by atoms with van der Waals surface area (Å²) < 4.78 is 131. The lowest BCUT2D eigenvalue weighted by atomic mass is 9.33. The Morgan fingerprint density at radius 1 is 0.341 bits per heavy atom. The minimum atomic E-state index is -0.658.